The maximum atomic E-state index is 12.5. The molecule has 3 aromatic rings. The molecule has 2 heterocycles. The van der Waals surface area contributed by atoms with Crippen molar-refractivity contribution >= 4 is 17.1 Å². The van der Waals surface area contributed by atoms with Gasteiger partial charge in [-0.1, -0.05) is 6.92 Å². The van der Waals surface area contributed by atoms with Crippen molar-refractivity contribution in [1.82, 2.24) is 30.7 Å². The average molecular weight is 370 g/mol. The van der Waals surface area contributed by atoms with Gasteiger partial charge in [-0.3, -0.25) is 9.59 Å². The largest absolute Gasteiger partial charge is 0.493 e. The number of rotatable bonds is 5. The molecular formula is C18H22N6O3. The number of aromatic amines is 2. The van der Waals surface area contributed by atoms with Crippen LogP contribution in [0, 0.1) is 0 Å². The Morgan fingerprint density at radius 2 is 2.04 bits per heavy atom. The van der Waals surface area contributed by atoms with Gasteiger partial charge in [0, 0.05) is 11.1 Å². The molecular weight excluding hydrogens is 348 g/mol. The number of fused-ring (bicyclic) bond motifs is 1. The van der Waals surface area contributed by atoms with Crippen LogP contribution in [-0.4, -0.2) is 43.4 Å². The number of carbonyl (C=O) groups excluding carboxylic acids is 1. The highest BCUT2D eigenvalue weighted by Gasteiger charge is 2.19. The van der Waals surface area contributed by atoms with E-state index in [0.717, 1.165) is 6.42 Å². The number of hydrogen-bond acceptors (Lipinski definition) is 6. The molecule has 0 unspecified atom stereocenters. The quantitative estimate of drug-likeness (QED) is 0.631. The number of H-pyrrole nitrogens is 2. The van der Waals surface area contributed by atoms with Gasteiger partial charge in [-0.2, -0.15) is 5.21 Å². The first-order valence-corrected chi connectivity index (χ1v) is 8.69. The summed E-state index contributed by atoms with van der Waals surface area (Å²) in [6, 6.07) is 5.04. The molecule has 0 fully saturated rings. The molecule has 9 nitrogen and oxygen atoms in total. The van der Waals surface area contributed by atoms with Crippen molar-refractivity contribution in [3.8, 4) is 17.1 Å². The topological polar surface area (TPSA) is 126 Å². The summed E-state index contributed by atoms with van der Waals surface area (Å²) in [6.45, 7) is 8.20. The van der Waals surface area contributed by atoms with Crippen LogP contribution in [-0.2, 0) is 0 Å². The minimum Gasteiger partial charge on any atom is -0.493 e. The lowest BCUT2D eigenvalue weighted by molar-refractivity contribution is 0.0919. The molecule has 0 saturated carbocycles. The molecule has 0 aliphatic carbocycles. The Kier molecular flexibility index (Phi) is 4.93. The number of nitrogens with one attached hydrogen (secondary N) is 3. The van der Waals surface area contributed by atoms with E-state index in [1.165, 1.54) is 0 Å². The van der Waals surface area contributed by atoms with Gasteiger partial charge in [-0.15, -0.1) is 10.2 Å². The molecule has 0 aliphatic rings. The molecule has 9 heteroatoms. The van der Waals surface area contributed by atoms with Crippen LogP contribution in [0.25, 0.3) is 22.6 Å². The fourth-order valence-corrected chi connectivity index (χ4v) is 2.49. The van der Waals surface area contributed by atoms with E-state index in [2.05, 4.69) is 30.7 Å². The number of nitrogens with zero attached hydrogens (tertiary/aromatic N) is 3. The standard InChI is InChI=1S/C18H22N6O3/c1-5-8-27-12-7-6-10(16(25)21-18(2,3)4)9-11(12)14-19-15-13(17(26)20-14)22-24-23-15/h6-7,9H,5,8H2,1-4H3,(H,21,25)(H2,19,20,22,23,24,26). The molecule has 2 aromatic heterocycles. The molecule has 1 aromatic carbocycles. The maximum Gasteiger partial charge on any atom is 0.281 e. The third-order valence-corrected chi connectivity index (χ3v) is 3.64. The molecule has 1 amide bonds. The zero-order chi connectivity index (χ0) is 19.6. The van der Waals surface area contributed by atoms with Gasteiger partial charge in [0.05, 0.1) is 12.2 Å². The Morgan fingerprint density at radius 3 is 2.74 bits per heavy atom. The Hall–Kier alpha value is -3.23. The van der Waals surface area contributed by atoms with Gasteiger partial charge in [0.15, 0.2) is 5.52 Å². The van der Waals surface area contributed by atoms with Gasteiger partial charge >= 0.3 is 0 Å². The molecule has 27 heavy (non-hydrogen) atoms. The molecule has 0 bridgehead atoms. The summed E-state index contributed by atoms with van der Waals surface area (Å²) in [6.07, 6.45) is 0.817. The van der Waals surface area contributed by atoms with Crippen molar-refractivity contribution in [3.05, 3.63) is 34.1 Å². The molecule has 0 aliphatic heterocycles. The summed E-state index contributed by atoms with van der Waals surface area (Å²) in [4.78, 5) is 31.8. The lowest BCUT2D eigenvalue weighted by Crippen LogP contribution is -2.40. The monoisotopic (exact) mass is 370 g/mol. The van der Waals surface area contributed by atoms with E-state index in [-0.39, 0.29) is 28.4 Å². The summed E-state index contributed by atoms with van der Waals surface area (Å²) in [7, 11) is 0. The molecule has 142 valence electrons. The fraction of sp³-hybridized carbons (Fsp3) is 0.389. The van der Waals surface area contributed by atoms with Gasteiger partial charge in [0.1, 0.15) is 11.6 Å². The predicted octanol–water partition coefficient (Wildman–Crippen LogP) is 2.03. The Labute approximate surface area is 155 Å². The highest BCUT2D eigenvalue weighted by Crippen LogP contribution is 2.29. The van der Waals surface area contributed by atoms with E-state index in [1.54, 1.807) is 18.2 Å². The van der Waals surface area contributed by atoms with Gasteiger partial charge in [0.2, 0.25) is 5.65 Å². The molecule has 0 atom stereocenters. The Balaban J connectivity index is 2.10. The van der Waals surface area contributed by atoms with E-state index >= 15 is 0 Å². The smallest absolute Gasteiger partial charge is 0.281 e. The van der Waals surface area contributed by atoms with E-state index in [9.17, 15) is 9.59 Å². The van der Waals surface area contributed by atoms with Crippen LogP contribution in [0.15, 0.2) is 23.0 Å². The van der Waals surface area contributed by atoms with E-state index < -0.39 is 5.56 Å². The summed E-state index contributed by atoms with van der Waals surface area (Å²) in [5.74, 6) is 0.559. The molecule has 0 radical (unpaired) electrons. The van der Waals surface area contributed by atoms with Gasteiger partial charge in [-0.25, -0.2) is 4.98 Å². The van der Waals surface area contributed by atoms with Crippen molar-refractivity contribution < 1.29 is 9.53 Å². The van der Waals surface area contributed by atoms with Crippen LogP contribution in [0.1, 0.15) is 44.5 Å². The van der Waals surface area contributed by atoms with Gasteiger partial charge in [0.25, 0.3) is 11.5 Å². The number of amides is 1. The SMILES string of the molecule is CCCOc1ccc(C(=O)NC(C)(C)C)cc1-c1nc2n[nH]nc2c(=O)[nH]1. The number of ether oxygens (including phenoxy) is 1. The van der Waals surface area contributed by atoms with Gasteiger partial charge < -0.3 is 15.0 Å². The first-order valence-electron chi connectivity index (χ1n) is 8.69. The molecule has 3 N–H and O–H groups in total. The second-order valence-electron chi connectivity index (χ2n) is 7.17. The van der Waals surface area contributed by atoms with Crippen LogP contribution < -0.4 is 15.6 Å². The second-order valence-corrected chi connectivity index (χ2v) is 7.17. The van der Waals surface area contributed by atoms with Crippen LogP contribution in [0.5, 0.6) is 5.75 Å². The van der Waals surface area contributed by atoms with Crippen molar-refractivity contribution in [2.24, 2.45) is 0 Å². The summed E-state index contributed by atoms with van der Waals surface area (Å²) < 4.78 is 5.77. The maximum absolute atomic E-state index is 12.5. The first kappa shape index (κ1) is 18.6. The van der Waals surface area contributed by atoms with Crippen molar-refractivity contribution in [1.29, 1.82) is 0 Å². The van der Waals surface area contributed by atoms with Crippen LogP contribution in [0.3, 0.4) is 0 Å². The number of benzene rings is 1. The van der Waals surface area contributed by atoms with Gasteiger partial charge in [-0.05, 0) is 45.4 Å². The first-order chi connectivity index (χ1) is 12.8. The molecule has 3 rings (SSSR count). The molecule has 0 spiro atoms. The molecule has 0 saturated heterocycles. The zero-order valence-corrected chi connectivity index (χ0v) is 15.7. The number of carbonyl (C=O) groups is 1. The predicted molar refractivity (Wildman–Crippen MR) is 101 cm³/mol. The van der Waals surface area contributed by atoms with Crippen molar-refractivity contribution in [3.63, 3.8) is 0 Å². The summed E-state index contributed by atoms with van der Waals surface area (Å²) >= 11 is 0. The Bertz CT molecular complexity index is 1030. The normalized spacial score (nSPS) is 11.6. The highest BCUT2D eigenvalue weighted by atomic mass is 16.5. The van der Waals surface area contributed by atoms with Crippen LogP contribution in [0.2, 0.25) is 0 Å². The lowest BCUT2D eigenvalue weighted by atomic mass is 10.1. The number of aromatic nitrogens is 5. The number of hydrogen-bond donors (Lipinski definition) is 3. The van der Waals surface area contributed by atoms with Crippen molar-refractivity contribution in [2.75, 3.05) is 6.61 Å². The zero-order valence-electron chi connectivity index (χ0n) is 15.7. The fourth-order valence-electron chi connectivity index (χ4n) is 2.49. The second kappa shape index (κ2) is 7.18. The highest BCUT2D eigenvalue weighted by molar-refractivity contribution is 5.96. The van der Waals surface area contributed by atoms with E-state index in [4.69, 9.17) is 4.74 Å². The third-order valence-electron chi connectivity index (χ3n) is 3.64. The minimum absolute atomic E-state index is 0.122. The summed E-state index contributed by atoms with van der Waals surface area (Å²) in [5.41, 5.74) is 0.463. The minimum atomic E-state index is -0.422. The third kappa shape index (κ3) is 4.13. The Morgan fingerprint density at radius 1 is 1.26 bits per heavy atom. The van der Waals surface area contributed by atoms with E-state index in [1.807, 2.05) is 27.7 Å². The lowest BCUT2D eigenvalue weighted by Gasteiger charge is -2.21. The summed E-state index contributed by atoms with van der Waals surface area (Å²) in [5, 5.41) is 12.9. The van der Waals surface area contributed by atoms with E-state index in [0.29, 0.717) is 23.5 Å². The average Bonchev–Trinajstić information content (AvgIpc) is 3.07. The van der Waals surface area contributed by atoms with Crippen LogP contribution >= 0.6 is 0 Å². The van der Waals surface area contributed by atoms with Crippen molar-refractivity contribution in [2.45, 2.75) is 39.7 Å². The van der Waals surface area contributed by atoms with Crippen LogP contribution in [0.4, 0.5) is 0 Å².